The quantitative estimate of drug-likeness (QED) is 0.693. The second-order valence-corrected chi connectivity index (χ2v) is 7.42. The van der Waals surface area contributed by atoms with Crippen molar-refractivity contribution in [1.29, 1.82) is 5.26 Å². The first-order valence-corrected chi connectivity index (χ1v) is 9.51. The number of nitriles is 1. The summed E-state index contributed by atoms with van der Waals surface area (Å²) < 4.78 is 3.64. The highest BCUT2D eigenvalue weighted by Gasteiger charge is 2.25. The third kappa shape index (κ3) is 3.92. The normalized spacial score (nSPS) is 14.5. The SMILES string of the molecule is C[C@@H](Cn1ccc(-c2ccc(C#N)c(Cl)c2)n1)NC(=O)c1ccn(C2CC2)n1. The Balaban J connectivity index is 1.38. The van der Waals surface area contributed by atoms with Crippen molar-refractivity contribution in [1.82, 2.24) is 24.9 Å². The van der Waals surface area contributed by atoms with Crippen LogP contribution in [0.1, 0.15) is 41.9 Å². The molecule has 1 N–H and O–H groups in total. The van der Waals surface area contributed by atoms with Crippen molar-refractivity contribution in [3.63, 3.8) is 0 Å². The van der Waals surface area contributed by atoms with E-state index in [1.807, 2.05) is 42.2 Å². The van der Waals surface area contributed by atoms with Gasteiger partial charge in [-0.25, -0.2) is 0 Å². The highest BCUT2D eigenvalue weighted by molar-refractivity contribution is 6.32. The largest absolute Gasteiger partial charge is 0.346 e. The number of halogens is 1. The molecule has 0 unspecified atom stereocenters. The van der Waals surface area contributed by atoms with Crippen LogP contribution in [0.2, 0.25) is 5.02 Å². The van der Waals surface area contributed by atoms with Crippen LogP contribution in [0, 0.1) is 11.3 Å². The van der Waals surface area contributed by atoms with Gasteiger partial charge in [-0.05, 0) is 44.0 Å². The highest BCUT2D eigenvalue weighted by atomic mass is 35.5. The number of benzene rings is 1. The zero-order chi connectivity index (χ0) is 19.7. The minimum atomic E-state index is -0.182. The van der Waals surface area contributed by atoms with Crippen LogP contribution in [-0.4, -0.2) is 31.5 Å². The lowest BCUT2D eigenvalue weighted by atomic mass is 10.1. The van der Waals surface area contributed by atoms with E-state index in [0.29, 0.717) is 28.9 Å². The van der Waals surface area contributed by atoms with Gasteiger partial charge in [-0.3, -0.25) is 14.2 Å². The molecular formula is C20H19ClN6O. The molecule has 1 atom stereocenters. The van der Waals surface area contributed by atoms with E-state index in [9.17, 15) is 4.79 Å². The van der Waals surface area contributed by atoms with E-state index in [0.717, 1.165) is 24.1 Å². The summed E-state index contributed by atoms with van der Waals surface area (Å²) in [5, 5.41) is 21.2. The molecule has 0 saturated heterocycles. The number of rotatable bonds is 6. The second-order valence-electron chi connectivity index (χ2n) is 7.02. The van der Waals surface area contributed by atoms with Crippen molar-refractivity contribution in [3.8, 4) is 17.3 Å². The first-order valence-electron chi connectivity index (χ1n) is 9.13. The van der Waals surface area contributed by atoms with Crippen molar-refractivity contribution in [2.45, 2.75) is 38.4 Å². The second kappa shape index (κ2) is 7.49. The van der Waals surface area contributed by atoms with Crippen LogP contribution in [0.15, 0.2) is 42.7 Å². The molecule has 0 aliphatic heterocycles. The van der Waals surface area contributed by atoms with E-state index in [4.69, 9.17) is 16.9 Å². The van der Waals surface area contributed by atoms with E-state index in [2.05, 4.69) is 15.5 Å². The van der Waals surface area contributed by atoms with Crippen molar-refractivity contribution in [2.75, 3.05) is 0 Å². The van der Waals surface area contributed by atoms with Crippen molar-refractivity contribution >= 4 is 17.5 Å². The summed E-state index contributed by atoms with van der Waals surface area (Å²) in [6.07, 6.45) is 5.97. The van der Waals surface area contributed by atoms with Crippen LogP contribution in [0.25, 0.3) is 11.3 Å². The maximum atomic E-state index is 12.4. The molecular weight excluding hydrogens is 376 g/mol. The molecule has 28 heavy (non-hydrogen) atoms. The van der Waals surface area contributed by atoms with Gasteiger partial charge in [0, 0.05) is 24.0 Å². The zero-order valence-electron chi connectivity index (χ0n) is 15.3. The third-order valence-electron chi connectivity index (χ3n) is 4.63. The van der Waals surface area contributed by atoms with Crippen LogP contribution in [0.3, 0.4) is 0 Å². The number of hydrogen-bond acceptors (Lipinski definition) is 4. The topological polar surface area (TPSA) is 88.5 Å². The molecule has 1 aliphatic carbocycles. The molecule has 4 rings (SSSR count). The number of nitrogens with zero attached hydrogens (tertiary/aromatic N) is 5. The smallest absolute Gasteiger partial charge is 0.272 e. The van der Waals surface area contributed by atoms with Gasteiger partial charge >= 0.3 is 0 Å². The Morgan fingerprint density at radius 2 is 2.14 bits per heavy atom. The molecule has 7 nitrogen and oxygen atoms in total. The van der Waals surface area contributed by atoms with Crippen LogP contribution >= 0.6 is 11.6 Å². The maximum Gasteiger partial charge on any atom is 0.272 e. The molecule has 8 heteroatoms. The molecule has 0 radical (unpaired) electrons. The van der Waals surface area contributed by atoms with Crippen molar-refractivity contribution in [3.05, 3.63) is 59.0 Å². The predicted molar refractivity (Wildman–Crippen MR) is 105 cm³/mol. The van der Waals surface area contributed by atoms with E-state index in [1.54, 1.807) is 22.9 Å². The van der Waals surface area contributed by atoms with Gasteiger partial charge in [-0.1, -0.05) is 17.7 Å². The molecule has 1 fully saturated rings. The Labute approximate surface area is 167 Å². The van der Waals surface area contributed by atoms with Gasteiger partial charge in [0.2, 0.25) is 0 Å². The van der Waals surface area contributed by atoms with Crippen LogP contribution in [0.4, 0.5) is 0 Å². The van der Waals surface area contributed by atoms with Gasteiger partial charge in [0.1, 0.15) is 11.8 Å². The first kappa shape index (κ1) is 18.3. The summed E-state index contributed by atoms with van der Waals surface area (Å²) in [6, 6.07) is 11.2. The van der Waals surface area contributed by atoms with Gasteiger partial charge in [-0.2, -0.15) is 15.5 Å². The van der Waals surface area contributed by atoms with E-state index in [1.165, 1.54) is 0 Å². The van der Waals surface area contributed by atoms with Crippen LogP contribution < -0.4 is 5.32 Å². The maximum absolute atomic E-state index is 12.4. The molecule has 1 saturated carbocycles. The fraction of sp³-hybridized carbons (Fsp3) is 0.300. The summed E-state index contributed by atoms with van der Waals surface area (Å²) in [6.45, 7) is 2.45. The Kier molecular flexibility index (Phi) is 4.88. The summed E-state index contributed by atoms with van der Waals surface area (Å²) in [7, 11) is 0. The van der Waals surface area contributed by atoms with E-state index >= 15 is 0 Å². The fourth-order valence-corrected chi connectivity index (χ4v) is 3.23. The molecule has 1 aliphatic rings. The van der Waals surface area contributed by atoms with Gasteiger partial charge < -0.3 is 5.32 Å². The van der Waals surface area contributed by atoms with Crippen molar-refractivity contribution < 1.29 is 4.79 Å². The average Bonchev–Trinajstić information content (AvgIpc) is 3.22. The predicted octanol–water partition coefficient (Wildman–Crippen LogP) is 3.43. The molecule has 142 valence electrons. The number of nitrogens with one attached hydrogen (secondary N) is 1. The molecule has 2 aromatic heterocycles. The summed E-state index contributed by atoms with van der Waals surface area (Å²) >= 11 is 6.10. The van der Waals surface area contributed by atoms with Gasteiger partial charge in [0.25, 0.3) is 5.91 Å². The molecule has 1 amide bonds. The molecule has 0 spiro atoms. The minimum absolute atomic E-state index is 0.115. The Hall–Kier alpha value is -3.11. The van der Waals surface area contributed by atoms with Crippen molar-refractivity contribution in [2.24, 2.45) is 0 Å². The summed E-state index contributed by atoms with van der Waals surface area (Å²) in [5.41, 5.74) is 2.47. The third-order valence-corrected chi connectivity index (χ3v) is 4.94. The van der Waals surface area contributed by atoms with Gasteiger partial charge in [0.15, 0.2) is 0 Å². The number of hydrogen-bond donors (Lipinski definition) is 1. The highest BCUT2D eigenvalue weighted by Crippen LogP contribution is 2.33. The van der Waals surface area contributed by atoms with Crippen LogP contribution in [0.5, 0.6) is 0 Å². The fourth-order valence-electron chi connectivity index (χ4n) is 3.01. The number of carbonyl (C=O) groups is 1. The lowest BCUT2D eigenvalue weighted by Crippen LogP contribution is -2.36. The van der Waals surface area contributed by atoms with Crippen LogP contribution in [-0.2, 0) is 6.54 Å². The summed E-state index contributed by atoms with van der Waals surface area (Å²) in [4.78, 5) is 12.4. The molecule has 0 bridgehead atoms. The monoisotopic (exact) mass is 394 g/mol. The Morgan fingerprint density at radius 1 is 1.32 bits per heavy atom. The average molecular weight is 395 g/mol. The number of carbonyl (C=O) groups excluding carboxylic acids is 1. The Morgan fingerprint density at radius 3 is 2.86 bits per heavy atom. The van der Waals surface area contributed by atoms with Gasteiger partial charge in [-0.15, -0.1) is 0 Å². The van der Waals surface area contributed by atoms with E-state index in [-0.39, 0.29) is 11.9 Å². The molecule has 1 aromatic carbocycles. The minimum Gasteiger partial charge on any atom is -0.346 e. The van der Waals surface area contributed by atoms with Gasteiger partial charge in [0.05, 0.1) is 28.9 Å². The lowest BCUT2D eigenvalue weighted by Gasteiger charge is -2.13. The molecule has 3 aromatic rings. The number of aromatic nitrogens is 4. The summed E-state index contributed by atoms with van der Waals surface area (Å²) in [5.74, 6) is -0.182. The lowest BCUT2D eigenvalue weighted by molar-refractivity contribution is 0.0930. The first-order chi connectivity index (χ1) is 13.5. The number of amides is 1. The molecule has 2 heterocycles. The standard InChI is InChI=1S/C20H19ClN6O/c1-13(23-20(28)19-7-9-27(25-19)16-4-5-16)12-26-8-6-18(24-26)14-2-3-15(11-22)17(21)10-14/h2-3,6-10,13,16H,4-5,12H2,1H3,(H,23,28)/t13-/m0/s1. The Bertz CT molecular complexity index is 1060. The van der Waals surface area contributed by atoms with E-state index < -0.39 is 0 Å². The zero-order valence-corrected chi connectivity index (χ0v) is 16.1.